The van der Waals surface area contributed by atoms with Crippen molar-refractivity contribution in [3.63, 3.8) is 0 Å². The molecule has 0 fully saturated rings. The van der Waals surface area contributed by atoms with E-state index < -0.39 is 5.82 Å². The van der Waals surface area contributed by atoms with Crippen LogP contribution in [0.5, 0.6) is 0 Å². The molecule has 31 heavy (non-hydrogen) atoms. The van der Waals surface area contributed by atoms with Crippen molar-refractivity contribution >= 4 is 27.6 Å². The average molecular weight is 476 g/mol. The van der Waals surface area contributed by atoms with Gasteiger partial charge in [-0.3, -0.25) is 0 Å². The molecule has 4 nitrogen and oxygen atoms in total. The number of aromatic nitrogens is 1. The van der Waals surface area contributed by atoms with Crippen molar-refractivity contribution in [1.29, 1.82) is 0 Å². The molecule has 0 radical (unpaired) electrons. The normalized spacial score (nSPS) is 15.0. The van der Waals surface area contributed by atoms with E-state index in [9.17, 15) is 9.18 Å². The lowest BCUT2D eigenvalue weighted by Gasteiger charge is -2.31. The fourth-order valence-corrected chi connectivity index (χ4v) is 4.44. The highest BCUT2D eigenvalue weighted by atomic mass is 79.9. The van der Waals surface area contributed by atoms with Gasteiger partial charge in [-0.2, -0.15) is 0 Å². The highest BCUT2D eigenvalue weighted by Gasteiger charge is 2.33. The van der Waals surface area contributed by atoms with Crippen LogP contribution in [0.4, 0.5) is 14.9 Å². The molecule has 3 aromatic carbocycles. The smallest absolute Gasteiger partial charge is 0.318 e. The van der Waals surface area contributed by atoms with E-state index in [-0.39, 0.29) is 17.8 Å². The SMILES string of the molecule is O=C(Nc1ccc(Br)cc1F)N1Cc2ccccc2-n2cccc2C1c1ccccc1. The van der Waals surface area contributed by atoms with Crippen LogP contribution < -0.4 is 5.32 Å². The molecule has 0 saturated carbocycles. The molecule has 1 atom stereocenters. The van der Waals surface area contributed by atoms with Crippen LogP contribution in [-0.2, 0) is 6.54 Å². The summed E-state index contributed by atoms with van der Waals surface area (Å²) in [5.41, 5.74) is 4.16. The van der Waals surface area contributed by atoms with E-state index in [0.29, 0.717) is 11.0 Å². The van der Waals surface area contributed by atoms with Crippen LogP contribution in [0.1, 0.15) is 22.9 Å². The Morgan fingerprint density at radius 2 is 1.74 bits per heavy atom. The molecule has 5 rings (SSSR count). The Kier molecular flexibility index (Phi) is 5.08. The van der Waals surface area contributed by atoms with Crippen LogP contribution in [0.2, 0.25) is 0 Å². The lowest BCUT2D eigenvalue weighted by Crippen LogP contribution is -2.38. The van der Waals surface area contributed by atoms with Gasteiger partial charge in [-0.05, 0) is 47.5 Å². The van der Waals surface area contributed by atoms with Crippen molar-refractivity contribution in [3.8, 4) is 5.69 Å². The molecule has 6 heteroatoms. The van der Waals surface area contributed by atoms with Crippen molar-refractivity contribution in [3.05, 3.63) is 118 Å². The van der Waals surface area contributed by atoms with E-state index >= 15 is 0 Å². The number of urea groups is 1. The molecule has 1 N–H and O–H groups in total. The van der Waals surface area contributed by atoms with Gasteiger partial charge in [0.05, 0.1) is 24.0 Å². The van der Waals surface area contributed by atoms with Gasteiger partial charge >= 0.3 is 6.03 Å². The van der Waals surface area contributed by atoms with Crippen molar-refractivity contribution in [1.82, 2.24) is 9.47 Å². The van der Waals surface area contributed by atoms with Crippen LogP contribution in [0.3, 0.4) is 0 Å². The number of anilines is 1. The van der Waals surface area contributed by atoms with Gasteiger partial charge in [0.25, 0.3) is 0 Å². The third-order valence-electron chi connectivity index (χ3n) is 5.51. The number of halogens is 2. The number of carbonyl (C=O) groups is 1. The van der Waals surface area contributed by atoms with E-state index in [4.69, 9.17) is 0 Å². The maximum Gasteiger partial charge on any atom is 0.323 e. The molecular formula is C25H19BrFN3O. The highest BCUT2D eigenvalue weighted by Crippen LogP contribution is 2.37. The Hall–Kier alpha value is -3.38. The molecule has 0 aliphatic carbocycles. The minimum absolute atomic E-state index is 0.146. The standard InChI is InChI=1S/C25H19BrFN3O/c26-19-12-13-21(20(27)15-19)28-25(31)30-16-18-9-4-5-10-22(18)29-14-6-11-23(29)24(30)17-7-2-1-3-8-17/h1-15,24H,16H2,(H,28,31). The topological polar surface area (TPSA) is 37.3 Å². The number of para-hydroxylation sites is 1. The molecule has 154 valence electrons. The number of nitrogens with zero attached hydrogens (tertiary/aromatic N) is 2. The summed E-state index contributed by atoms with van der Waals surface area (Å²) in [6.07, 6.45) is 2.01. The Bertz CT molecular complexity index is 1250. The van der Waals surface area contributed by atoms with Gasteiger partial charge in [0.1, 0.15) is 5.82 Å². The Morgan fingerprint density at radius 1 is 0.968 bits per heavy atom. The molecule has 1 aromatic heterocycles. The number of carbonyl (C=O) groups excluding carboxylic acids is 1. The molecule has 4 aromatic rings. The van der Waals surface area contributed by atoms with Crippen LogP contribution in [0.15, 0.2) is 95.6 Å². The quantitative estimate of drug-likeness (QED) is 0.352. The number of amides is 2. The number of benzene rings is 3. The van der Waals surface area contributed by atoms with E-state index in [1.54, 1.807) is 17.0 Å². The van der Waals surface area contributed by atoms with E-state index in [2.05, 4.69) is 31.9 Å². The number of hydrogen-bond acceptors (Lipinski definition) is 1. The zero-order valence-electron chi connectivity index (χ0n) is 16.5. The second-order valence-electron chi connectivity index (χ2n) is 7.43. The van der Waals surface area contributed by atoms with Crippen molar-refractivity contribution in [2.24, 2.45) is 0 Å². The summed E-state index contributed by atoms with van der Waals surface area (Å²) in [6.45, 7) is 0.390. The Labute approximate surface area is 188 Å². The second kappa shape index (κ2) is 8.04. The van der Waals surface area contributed by atoms with Crippen LogP contribution in [0.25, 0.3) is 5.69 Å². The summed E-state index contributed by atoms with van der Waals surface area (Å²) in [5.74, 6) is -0.488. The van der Waals surface area contributed by atoms with Crippen molar-refractivity contribution in [2.75, 3.05) is 5.32 Å². The largest absolute Gasteiger partial charge is 0.323 e. The average Bonchev–Trinajstić information content (AvgIpc) is 3.20. The van der Waals surface area contributed by atoms with Gasteiger partial charge < -0.3 is 14.8 Å². The Balaban J connectivity index is 1.62. The van der Waals surface area contributed by atoms with E-state index in [1.165, 1.54) is 6.07 Å². The molecule has 1 unspecified atom stereocenters. The number of nitrogens with one attached hydrogen (secondary N) is 1. The number of fused-ring (bicyclic) bond motifs is 3. The minimum atomic E-state index is -0.488. The van der Waals surface area contributed by atoms with Crippen LogP contribution in [-0.4, -0.2) is 15.5 Å². The van der Waals surface area contributed by atoms with Gasteiger partial charge in [0, 0.05) is 16.4 Å². The number of hydrogen-bond donors (Lipinski definition) is 1. The van der Waals surface area contributed by atoms with Gasteiger partial charge in [-0.25, -0.2) is 9.18 Å². The summed E-state index contributed by atoms with van der Waals surface area (Å²) in [6, 6.07) is 25.9. The van der Waals surface area contributed by atoms with Gasteiger partial charge in [0.2, 0.25) is 0 Å². The highest BCUT2D eigenvalue weighted by molar-refractivity contribution is 9.10. The third-order valence-corrected chi connectivity index (χ3v) is 6.01. The summed E-state index contributed by atoms with van der Waals surface area (Å²) >= 11 is 3.26. The van der Waals surface area contributed by atoms with Crippen molar-refractivity contribution < 1.29 is 9.18 Å². The van der Waals surface area contributed by atoms with Gasteiger partial charge in [-0.15, -0.1) is 0 Å². The first-order valence-electron chi connectivity index (χ1n) is 9.95. The van der Waals surface area contributed by atoms with Crippen LogP contribution >= 0.6 is 15.9 Å². The second-order valence-corrected chi connectivity index (χ2v) is 8.34. The van der Waals surface area contributed by atoms with Crippen LogP contribution in [0, 0.1) is 5.82 Å². The Morgan fingerprint density at radius 3 is 2.55 bits per heavy atom. The predicted octanol–water partition coefficient (Wildman–Crippen LogP) is 6.52. The zero-order valence-corrected chi connectivity index (χ0v) is 18.1. The first-order valence-corrected chi connectivity index (χ1v) is 10.7. The zero-order chi connectivity index (χ0) is 21.4. The predicted molar refractivity (Wildman–Crippen MR) is 123 cm³/mol. The third kappa shape index (κ3) is 3.64. The first kappa shape index (κ1) is 19.6. The monoisotopic (exact) mass is 475 g/mol. The van der Waals surface area contributed by atoms with E-state index in [1.807, 2.05) is 66.9 Å². The number of rotatable bonds is 2. The molecule has 1 aliphatic rings. The molecule has 2 amide bonds. The lowest BCUT2D eigenvalue weighted by atomic mass is 10.0. The van der Waals surface area contributed by atoms with Gasteiger partial charge in [-0.1, -0.05) is 64.5 Å². The fourth-order valence-electron chi connectivity index (χ4n) is 4.10. The fraction of sp³-hybridized carbons (Fsp3) is 0.0800. The summed E-state index contributed by atoms with van der Waals surface area (Å²) in [7, 11) is 0. The molecular weight excluding hydrogens is 457 g/mol. The lowest BCUT2D eigenvalue weighted by molar-refractivity contribution is 0.194. The molecule has 2 heterocycles. The van der Waals surface area contributed by atoms with Gasteiger partial charge in [0.15, 0.2) is 0 Å². The van der Waals surface area contributed by atoms with Crippen molar-refractivity contribution in [2.45, 2.75) is 12.6 Å². The summed E-state index contributed by atoms with van der Waals surface area (Å²) in [5, 5.41) is 2.77. The summed E-state index contributed by atoms with van der Waals surface area (Å²) < 4.78 is 17.2. The van der Waals surface area contributed by atoms with E-state index in [0.717, 1.165) is 22.5 Å². The molecule has 1 aliphatic heterocycles. The molecule has 0 saturated heterocycles. The maximum atomic E-state index is 14.4. The summed E-state index contributed by atoms with van der Waals surface area (Å²) in [4.78, 5) is 15.3. The molecule has 0 bridgehead atoms. The minimum Gasteiger partial charge on any atom is -0.318 e. The maximum absolute atomic E-state index is 14.4. The first-order chi connectivity index (χ1) is 15.1. The molecule has 0 spiro atoms.